The van der Waals surface area contributed by atoms with Gasteiger partial charge in [-0.3, -0.25) is 0 Å². The number of benzene rings is 1. The molecule has 0 aliphatic rings. The summed E-state index contributed by atoms with van der Waals surface area (Å²) in [6.07, 6.45) is 0. The lowest BCUT2D eigenvalue weighted by molar-refractivity contribution is 0.540. The Morgan fingerprint density at radius 2 is 2.41 bits per heavy atom. The smallest absolute Gasteiger partial charge is 0.287 e. The van der Waals surface area contributed by atoms with Crippen LogP contribution in [-0.2, 0) is 0 Å². The van der Waals surface area contributed by atoms with Crippen LogP contribution in [0, 0.1) is 4.77 Å². The number of nitrogens with two attached hydrogens (primary N) is 1. The average Bonchev–Trinajstić information content (AvgIpc) is 2.75. The number of aliphatic imine (C=N–C) groups is 1. The maximum absolute atomic E-state index is 5.47. The zero-order chi connectivity index (χ0) is 12.3. The number of hydrogen-bond acceptors (Lipinski definition) is 5. The Kier molecular flexibility index (Phi) is 3.15. The Morgan fingerprint density at radius 1 is 1.59 bits per heavy atom. The van der Waals surface area contributed by atoms with Crippen LogP contribution < -0.4 is 10.5 Å². The lowest BCUT2D eigenvalue weighted by Crippen LogP contribution is -2.19. The van der Waals surface area contributed by atoms with Crippen molar-refractivity contribution in [2.45, 2.75) is 0 Å². The van der Waals surface area contributed by atoms with Gasteiger partial charge in [0.25, 0.3) is 6.02 Å². The molecule has 1 aromatic carbocycles. The van der Waals surface area contributed by atoms with E-state index in [4.69, 9.17) is 22.7 Å². The number of aromatic amines is 1. The molecule has 17 heavy (non-hydrogen) atoms. The van der Waals surface area contributed by atoms with Crippen molar-refractivity contribution in [1.82, 2.24) is 20.2 Å². The number of nitrogens with one attached hydrogen (secondary N) is 1. The fourth-order valence-electron chi connectivity index (χ4n) is 1.22. The fraction of sp³-hybridized carbons (Fsp3) is 0.111. The van der Waals surface area contributed by atoms with Gasteiger partial charge in [-0.2, -0.15) is 5.21 Å². The molecule has 0 radical (unpaired) electrons. The van der Waals surface area contributed by atoms with Crippen LogP contribution in [0.1, 0.15) is 0 Å². The molecule has 0 amide bonds. The van der Waals surface area contributed by atoms with E-state index >= 15 is 0 Å². The number of tetrazole rings is 1. The van der Waals surface area contributed by atoms with E-state index in [0.29, 0.717) is 10.5 Å². The van der Waals surface area contributed by atoms with Gasteiger partial charge in [0.15, 0.2) is 0 Å². The predicted molar refractivity (Wildman–Crippen MR) is 64.7 cm³/mol. The summed E-state index contributed by atoms with van der Waals surface area (Å²) in [5, 5.41) is 9.93. The molecule has 0 unspecified atom stereocenters. The highest BCUT2D eigenvalue weighted by atomic mass is 32.1. The van der Waals surface area contributed by atoms with Gasteiger partial charge in [-0.05, 0) is 24.4 Å². The summed E-state index contributed by atoms with van der Waals surface area (Å²) in [7, 11) is 1.55. The molecular weight excluding hydrogens is 240 g/mol. The summed E-state index contributed by atoms with van der Waals surface area (Å²) in [5.41, 5.74) is 6.22. The van der Waals surface area contributed by atoms with Crippen molar-refractivity contribution in [1.29, 1.82) is 0 Å². The lowest BCUT2D eigenvalue weighted by Gasteiger charge is -2.05. The maximum Gasteiger partial charge on any atom is 0.287 e. The minimum absolute atomic E-state index is 0.0912. The molecule has 0 atom stereocenters. The second-order valence-corrected chi connectivity index (χ2v) is 3.44. The van der Waals surface area contributed by atoms with E-state index in [0.717, 1.165) is 5.69 Å². The van der Waals surface area contributed by atoms with E-state index in [1.54, 1.807) is 29.9 Å². The van der Waals surface area contributed by atoms with Crippen LogP contribution in [0.4, 0.5) is 0 Å². The van der Waals surface area contributed by atoms with Gasteiger partial charge in [-0.25, -0.2) is 9.67 Å². The van der Waals surface area contributed by atoms with E-state index in [1.165, 1.54) is 0 Å². The van der Waals surface area contributed by atoms with E-state index in [9.17, 15) is 0 Å². The second kappa shape index (κ2) is 4.74. The minimum atomic E-state index is 0.0912. The molecule has 1 heterocycles. The molecule has 0 aliphatic carbocycles. The first-order valence-electron chi connectivity index (χ1n) is 4.71. The van der Waals surface area contributed by atoms with Crippen LogP contribution >= 0.6 is 12.2 Å². The first-order valence-corrected chi connectivity index (χ1v) is 5.12. The van der Waals surface area contributed by atoms with Gasteiger partial charge in [0.1, 0.15) is 5.75 Å². The Labute approximate surface area is 102 Å². The molecule has 88 valence electrons. The zero-order valence-electron chi connectivity index (χ0n) is 8.99. The summed E-state index contributed by atoms with van der Waals surface area (Å²) >= 11 is 4.99. The standard InChI is InChI=1S/C9H10N6OS/c1-11-8(10)16-7-4-2-3-6(5-7)15-9(17)12-13-14-15/h2-5H,1H3,(H2,10,11)(H,12,14,17). The van der Waals surface area contributed by atoms with E-state index < -0.39 is 0 Å². The largest absolute Gasteiger partial charge is 0.426 e. The average molecular weight is 250 g/mol. The van der Waals surface area contributed by atoms with Gasteiger partial charge < -0.3 is 10.5 Å². The summed E-state index contributed by atoms with van der Waals surface area (Å²) in [4.78, 5) is 3.71. The Morgan fingerprint density at radius 3 is 3.06 bits per heavy atom. The number of ether oxygens (including phenoxy) is 1. The minimum Gasteiger partial charge on any atom is -0.426 e. The first-order chi connectivity index (χ1) is 8.20. The Hall–Kier alpha value is -2.22. The van der Waals surface area contributed by atoms with E-state index in [1.807, 2.05) is 6.07 Å². The fourth-order valence-corrected chi connectivity index (χ4v) is 1.41. The van der Waals surface area contributed by atoms with Crippen LogP contribution in [0.25, 0.3) is 5.69 Å². The third-order valence-electron chi connectivity index (χ3n) is 1.99. The number of rotatable bonds is 2. The van der Waals surface area contributed by atoms with Crippen molar-refractivity contribution in [3.8, 4) is 11.4 Å². The zero-order valence-corrected chi connectivity index (χ0v) is 9.81. The molecule has 0 bridgehead atoms. The van der Waals surface area contributed by atoms with Crippen LogP contribution in [-0.4, -0.2) is 33.3 Å². The lowest BCUT2D eigenvalue weighted by atomic mass is 10.3. The van der Waals surface area contributed by atoms with Gasteiger partial charge >= 0.3 is 0 Å². The maximum atomic E-state index is 5.47. The highest BCUT2D eigenvalue weighted by molar-refractivity contribution is 7.71. The van der Waals surface area contributed by atoms with Crippen molar-refractivity contribution < 1.29 is 4.74 Å². The molecule has 8 heteroatoms. The van der Waals surface area contributed by atoms with E-state index in [-0.39, 0.29) is 6.02 Å². The third-order valence-corrected chi connectivity index (χ3v) is 2.25. The highest BCUT2D eigenvalue weighted by Gasteiger charge is 2.02. The van der Waals surface area contributed by atoms with Crippen LogP contribution in [0.15, 0.2) is 29.3 Å². The summed E-state index contributed by atoms with van der Waals surface area (Å²) in [6.45, 7) is 0. The Bertz CT molecular complexity index is 601. The number of nitrogens with zero attached hydrogens (tertiary/aromatic N) is 4. The normalized spacial score (nSPS) is 11.5. The van der Waals surface area contributed by atoms with Crippen molar-refractivity contribution in [2.75, 3.05) is 7.05 Å². The number of hydrogen-bond donors (Lipinski definition) is 2. The third kappa shape index (κ3) is 2.48. The molecule has 0 saturated heterocycles. The molecule has 3 N–H and O–H groups in total. The number of H-pyrrole nitrogens is 1. The van der Waals surface area contributed by atoms with Crippen LogP contribution in [0.3, 0.4) is 0 Å². The molecule has 0 aliphatic heterocycles. The molecule has 2 aromatic rings. The molecule has 0 fully saturated rings. The van der Waals surface area contributed by atoms with Crippen LogP contribution in [0.5, 0.6) is 5.75 Å². The quantitative estimate of drug-likeness (QED) is 0.463. The number of amidine groups is 1. The topological polar surface area (TPSA) is 94.1 Å². The van der Waals surface area contributed by atoms with Gasteiger partial charge in [0, 0.05) is 13.1 Å². The first kappa shape index (κ1) is 11.3. The Balaban J connectivity index is 2.35. The molecular formula is C9H10N6OS. The monoisotopic (exact) mass is 250 g/mol. The van der Waals surface area contributed by atoms with Crippen molar-refractivity contribution in [2.24, 2.45) is 10.7 Å². The molecule has 0 saturated carbocycles. The molecule has 0 spiro atoms. The van der Waals surface area contributed by atoms with Gasteiger partial charge in [-0.1, -0.05) is 16.4 Å². The van der Waals surface area contributed by atoms with Gasteiger partial charge in [-0.15, -0.1) is 0 Å². The van der Waals surface area contributed by atoms with E-state index in [2.05, 4.69) is 20.5 Å². The highest BCUT2D eigenvalue weighted by Crippen LogP contribution is 2.15. The molecule has 1 aromatic heterocycles. The molecule has 2 rings (SSSR count). The van der Waals surface area contributed by atoms with Gasteiger partial charge in [0.05, 0.1) is 5.69 Å². The van der Waals surface area contributed by atoms with Gasteiger partial charge in [0.2, 0.25) is 4.77 Å². The summed E-state index contributed by atoms with van der Waals surface area (Å²) in [6, 6.07) is 7.23. The van der Waals surface area contributed by atoms with Crippen molar-refractivity contribution in [3.05, 3.63) is 29.0 Å². The second-order valence-electron chi connectivity index (χ2n) is 3.08. The number of aromatic nitrogens is 4. The van der Waals surface area contributed by atoms with Crippen LogP contribution in [0.2, 0.25) is 0 Å². The van der Waals surface area contributed by atoms with Crippen molar-refractivity contribution >= 4 is 18.2 Å². The summed E-state index contributed by atoms with van der Waals surface area (Å²) < 4.78 is 7.14. The summed E-state index contributed by atoms with van der Waals surface area (Å²) in [5.74, 6) is 0.558. The molecule has 7 nitrogen and oxygen atoms in total. The van der Waals surface area contributed by atoms with Crippen molar-refractivity contribution in [3.63, 3.8) is 0 Å². The predicted octanol–water partition coefficient (Wildman–Crippen LogP) is 0.648. The SMILES string of the molecule is CN=C(N)Oc1cccc(-n2[nH]nnc2=S)c1.